The minimum atomic E-state index is -0.462. The van der Waals surface area contributed by atoms with Gasteiger partial charge in [0.1, 0.15) is 0 Å². The van der Waals surface area contributed by atoms with E-state index in [4.69, 9.17) is 0 Å². The summed E-state index contributed by atoms with van der Waals surface area (Å²) in [7, 11) is 0. The lowest BCUT2D eigenvalue weighted by atomic mass is 9.31. The number of hydrogen-bond donors (Lipinski definition) is 2. The SMILES string of the molecule is CC#CC[C@H](O)[C@@H](C)[C@H]1CC[C@@]2(C)[C@@H]3CC[C@@]4(C)C[C@](O)(CC)CC[C@]4(C)[C@@]3(C)CC[C@]12C. The van der Waals surface area contributed by atoms with Gasteiger partial charge in [0.05, 0.1) is 11.7 Å². The van der Waals surface area contributed by atoms with Crippen molar-refractivity contribution in [3.63, 3.8) is 0 Å². The Hall–Kier alpha value is -0.520. The molecule has 0 unspecified atom stereocenters. The predicted molar refractivity (Wildman–Crippen MR) is 138 cm³/mol. The zero-order valence-electron chi connectivity index (χ0n) is 23.0. The normalized spacial score (nSPS) is 53.2. The molecule has 0 radical (unpaired) electrons. The highest BCUT2D eigenvalue weighted by molar-refractivity contribution is 5.21. The molecule has 33 heavy (non-hydrogen) atoms. The van der Waals surface area contributed by atoms with Gasteiger partial charge in [-0.25, -0.2) is 0 Å². The van der Waals surface area contributed by atoms with Gasteiger partial charge in [-0.3, -0.25) is 0 Å². The van der Waals surface area contributed by atoms with E-state index >= 15 is 0 Å². The molecule has 0 saturated heterocycles. The van der Waals surface area contributed by atoms with E-state index in [2.05, 4.69) is 60.3 Å². The summed E-state index contributed by atoms with van der Waals surface area (Å²) in [5.74, 6) is 7.73. The number of hydrogen-bond acceptors (Lipinski definition) is 2. The Morgan fingerprint density at radius 2 is 1.55 bits per heavy atom. The van der Waals surface area contributed by atoms with Crippen molar-refractivity contribution in [3.05, 3.63) is 0 Å². The third kappa shape index (κ3) is 3.27. The van der Waals surface area contributed by atoms with Crippen LogP contribution in [0.1, 0.15) is 126 Å². The van der Waals surface area contributed by atoms with Gasteiger partial charge in [-0.1, -0.05) is 48.5 Å². The van der Waals surface area contributed by atoms with Crippen LogP contribution in [0.25, 0.3) is 0 Å². The van der Waals surface area contributed by atoms with E-state index in [-0.39, 0.29) is 16.9 Å². The molecule has 0 bridgehead atoms. The van der Waals surface area contributed by atoms with E-state index in [1.807, 2.05) is 6.92 Å². The van der Waals surface area contributed by atoms with Gasteiger partial charge >= 0.3 is 0 Å². The van der Waals surface area contributed by atoms with Gasteiger partial charge in [0.15, 0.2) is 0 Å². The fourth-order valence-electron chi connectivity index (χ4n) is 10.6. The van der Waals surface area contributed by atoms with Crippen molar-refractivity contribution < 1.29 is 10.2 Å². The van der Waals surface area contributed by atoms with Crippen LogP contribution >= 0.6 is 0 Å². The van der Waals surface area contributed by atoms with E-state index < -0.39 is 5.60 Å². The standard InChI is InChI=1S/C31H52O2/c1-9-11-12-24(32)22(3)23-13-16-28(6)25-14-15-26(4)21-31(33,10-2)20-19-30(26,8)29(25,7)18-17-27(23,28)5/h22-25,32-33H,10,12-21H2,1-8H3/t22-,23+,24-,25-,26-,27+,28-,29-,30-,31-/m0/s1. The summed E-state index contributed by atoms with van der Waals surface area (Å²) in [6.07, 6.45) is 12.0. The van der Waals surface area contributed by atoms with Gasteiger partial charge in [0.2, 0.25) is 0 Å². The van der Waals surface area contributed by atoms with Crippen LogP contribution in [0.2, 0.25) is 0 Å². The van der Waals surface area contributed by atoms with Gasteiger partial charge < -0.3 is 10.2 Å². The van der Waals surface area contributed by atoms with Crippen molar-refractivity contribution in [1.82, 2.24) is 0 Å². The highest BCUT2D eigenvalue weighted by atomic mass is 16.3. The summed E-state index contributed by atoms with van der Waals surface area (Å²) in [5, 5.41) is 22.3. The molecular formula is C31H52O2. The number of fused-ring (bicyclic) bond motifs is 5. The molecule has 0 aromatic carbocycles. The molecule has 0 heterocycles. The van der Waals surface area contributed by atoms with Crippen LogP contribution in [0.5, 0.6) is 0 Å². The topological polar surface area (TPSA) is 40.5 Å². The zero-order chi connectivity index (χ0) is 24.5. The van der Waals surface area contributed by atoms with E-state index in [9.17, 15) is 10.2 Å². The van der Waals surface area contributed by atoms with Crippen molar-refractivity contribution in [2.75, 3.05) is 0 Å². The molecule has 2 N–H and O–H groups in total. The summed E-state index contributed by atoms with van der Waals surface area (Å²) in [5.41, 5.74) is 1.00. The molecule has 4 fully saturated rings. The van der Waals surface area contributed by atoms with Crippen LogP contribution in [0.3, 0.4) is 0 Å². The van der Waals surface area contributed by atoms with Crippen molar-refractivity contribution in [2.45, 2.75) is 138 Å². The minimum absolute atomic E-state index is 0.228. The first-order valence-corrected chi connectivity index (χ1v) is 14.1. The van der Waals surface area contributed by atoms with Crippen LogP contribution < -0.4 is 0 Å². The Morgan fingerprint density at radius 3 is 2.18 bits per heavy atom. The lowest BCUT2D eigenvalue weighted by molar-refractivity contribution is -0.258. The second-order valence-electron chi connectivity index (χ2n) is 14.2. The van der Waals surface area contributed by atoms with Crippen molar-refractivity contribution in [1.29, 1.82) is 0 Å². The molecule has 4 rings (SSSR count). The molecule has 4 aliphatic rings. The van der Waals surface area contributed by atoms with Crippen molar-refractivity contribution in [2.24, 2.45) is 44.8 Å². The molecule has 0 aliphatic heterocycles. The van der Waals surface area contributed by atoms with E-state index in [1.54, 1.807) is 0 Å². The van der Waals surface area contributed by atoms with E-state index in [0.717, 1.165) is 25.2 Å². The molecule has 4 saturated carbocycles. The van der Waals surface area contributed by atoms with Gasteiger partial charge in [0, 0.05) is 6.42 Å². The molecule has 2 heteroatoms. The third-order valence-corrected chi connectivity index (χ3v) is 13.6. The lowest BCUT2D eigenvalue weighted by Crippen LogP contribution is -2.67. The smallest absolute Gasteiger partial charge is 0.0677 e. The Morgan fingerprint density at radius 1 is 0.879 bits per heavy atom. The number of rotatable bonds is 4. The Labute approximate surface area is 204 Å². The van der Waals surface area contributed by atoms with Crippen molar-refractivity contribution >= 4 is 0 Å². The molecule has 0 aromatic heterocycles. The largest absolute Gasteiger partial charge is 0.392 e. The molecule has 10 atom stereocenters. The highest BCUT2D eigenvalue weighted by Gasteiger charge is 2.72. The third-order valence-electron chi connectivity index (χ3n) is 13.6. The van der Waals surface area contributed by atoms with Crippen LogP contribution in [0.15, 0.2) is 0 Å². The van der Waals surface area contributed by atoms with Crippen LogP contribution in [-0.2, 0) is 0 Å². The van der Waals surface area contributed by atoms with Crippen LogP contribution in [0.4, 0.5) is 0 Å². The second-order valence-corrected chi connectivity index (χ2v) is 14.2. The van der Waals surface area contributed by atoms with Gasteiger partial charge in [-0.15, -0.1) is 11.8 Å². The first kappa shape index (κ1) is 25.6. The van der Waals surface area contributed by atoms with E-state index in [0.29, 0.717) is 34.5 Å². The monoisotopic (exact) mass is 456 g/mol. The maximum atomic E-state index is 11.3. The predicted octanol–water partition coefficient (Wildman–Crippen LogP) is 7.37. The molecule has 2 nitrogen and oxygen atoms in total. The molecular weight excluding hydrogens is 404 g/mol. The minimum Gasteiger partial charge on any atom is -0.392 e. The average Bonchev–Trinajstić information content (AvgIpc) is 3.04. The second kappa shape index (κ2) is 8.00. The quantitative estimate of drug-likeness (QED) is 0.434. The molecule has 188 valence electrons. The molecule has 0 aromatic rings. The maximum Gasteiger partial charge on any atom is 0.0677 e. The Balaban J connectivity index is 1.67. The first-order valence-electron chi connectivity index (χ1n) is 14.1. The summed E-state index contributed by atoms with van der Waals surface area (Å²) in [6, 6.07) is 0. The molecule has 4 aliphatic carbocycles. The molecule has 0 amide bonds. The summed E-state index contributed by atoms with van der Waals surface area (Å²) in [4.78, 5) is 0. The summed E-state index contributed by atoms with van der Waals surface area (Å²) in [6.45, 7) is 19.4. The summed E-state index contributed by atoms with van der Waals surface area (Å²) >= 11 is 0. The van der Waals surface area contributed by atoms with Crippen molar-refractivity contribution in [3.8, 4) is 11.8 Å². The van der Waals surface area contributed by atoms with Crippen LogP contribution in [0, 0.1) is 56.7 Å². The van der Waals surface area contributed by atoms with Gasteiger partial charge in [-0.05, 0) is 116 Å². The van der Waals surface area contributed by atoms with Gasteiger partial charge in [-0.2, -0.15) is 0 Å². The average molecular weight is 457 g/mol. The van der Waals surface area contributed by atoms with E-state index in [1.165, 1.54) is 44.9 Å². The Kier molecular flexibility index (Phi) is 6.20. The Bertz CT molecular complexity index is 825. The molecule has 0 spiro atoms. The maximum absolute atomic E-state index is 11.3. The van der Waals surface area contributed by atoms with Crippen LogP contribution in [-0.4, -0.2) is 21.9 Å². The highest BCUT2D eigenvalue weighted by Crippen LogP contribution is 2.80. The lowest BCUT2D eigenvalue weighted by Gasteiger charge is -2.73. The zero-order valence-corrected chi connectivity index (χ0v) is 23.0. The van der Waals surface area contributed by atoms with Gasteiger partial charge in [0.25, 0.3) is 0 Å². The first-order chi connectivity index (χ1) is 15.3. The fraction of sp³-hybridized carbons (Fsp3) is 0.935. The fourth-order valence-corrected chi connectivity index (χ4v) is 10.6. The number of aliphatic hydroxyl groups is 2. The number of aliphatic hydroxyl groups excluding tert-OH is 1. The summed E-state index contributed by atoms with van der Waals surface area (Å²) < 4.78 is 0.